The molecule has 2 aromatic rings. The third-order valence-corrected chi connectivity index (χ3v) is 4.96. The van der Waals surface area contributed by atoms with Gasteiger partial charge in [0.25, 0.3) is 5.91 Å². The number of anilines is 2. The van der Waals surface area contributed by atoms with E-state index in [1.807, 2.05) is 19.0 Å². The maximum Gasteiger partial charge on any atom is 0.253 e. The lowest BCUT2D eigenvalue weighted by Crippen LogP contribution is -2.32. The lowest BCUT2D eigenvalue weighted by molar-refractivity contribution is -0.122. The molecule has 0 saturated heterocycles. The van der Waals surface area contributed by atoms with Gasteiger partial charge in [-0.2, -0.15) is 0 Å². The normalized spacial score (nSPS) is 11.1. The average molecular weight is 406 g/mol. The molecule has 0 heterocycles. The van der Waals surface area contributed by atoms with Crippen LogP contribution in [0.25, 0.3) is 0 Å². The molecule has 7 heteroatoms. The topological polar surface area (TPSA) is 61.4 Å². The van der Waals surface area contributed by atoms with Crippen molar-refractivity contribution in [2.24, 2.45) is 5.41 Å². The van der Waals surface area contributed by atoms with E-state index in [1.54, 1.807) is 44.2 Å². The Morgan fingerprint density at radius 2 is 1.75 bits per heavy atom. The highest BCUT2D eigenvalue weighted by atomic mass is 35.5. The number of rotatable bonds is 7. The van der Waals surface area contributed by atoms with Gasteiger partial charge in [0, 0.05) is 37.9 Å². The summed E-state index contributed by atoms with van der Waals surface area (Å²) >= 11 is 5.86. The molecular weight excluding hydrogens is 381 g/mol. The highest BCUT2D eigenvalue weighted by Gasteiger charge is 2.27. The second kappa shape index (κ2) is 9.06. The highest BCUT2D eigenvalue weighted by molar-refractivity contribution is 6.20. The van der Waals surface area contributed by atoms with Gasteiger partial charge in [-0.25, -0.2) is 4.39 Å². The third-order valence-electron chi connectivity index (χ3n) is 4.30. The van der Waals surface area contributed by atoms with E-state index in [0.29, 0.717) is 16.9 Å². The zero-order chi connectivity index (χ0) is 20.9. The van der Waals surface area contributed by atoms with Gasteiger partial charge >= 0.3 is 0 Å². The summed E-state index contributed by atoms with van der Waals surface area (Å²) in [6.07, 6.45) is 0. The van der Waals surface area contributed by atoms with Crippen molar-refractivity contribution >= 4 is 34.8 Å². The minimum Gasteiger partial charge on any atom is -0.377 e. The summed E-state index contributed by atoms with van der Waals surface area (Å²) in [4.78, 5) is 26.9. The van der Waals surface area contributed by atoms with Gasteiger partial charge in [-0.1, -0.05) is 12.1 Å². The molecule has 0 fully saturated rings. The smallest absolute Gasteiger partial charge is 0.253 e. The van der Waals surface area contributed by atoms with Crippen molar-refractivity contribution in [1.29, 1.82) is 0 Å². The summed E-state index contributed by atoms with van der Waals surface area (Å²) in [7, 11) is 3.67. The Hall–Kier alpha value is -2.60. The van der Waals surface area contributed by atoms with Crippen LogP contribution < -0.4 is 15.5 Å². The van der Waals surface area contributed by atoms with Crippen molar-refractivity contribution in [2.75, 3.05) is 30.2 Å². The van der Waals surface area contributed by atoms with E-state index in [2.05, 4.69) is 10.6 Å². The van der Waals surface area contributed by atoms with Crippen molar-refractivity contribution in [3.05, 3.63) is 59.4 Å². The van der Waals surface area contributed by atoms with Crippen LogP contribution in [0.1, 0.15) is 29.8 Å². The molecular formula is C21H25ClFN3O2. The molecule has 28 heavy (non-hydrogen) atoms. The zero-order valence-electron chi connectivity index (χ0n) is 16.5. The Bertz CT molecular complexity index is 851. The van der Waals surface area contributed by atoms with Gasteiger partial charge in [0.05, 0.1) is 11.0 Å². The van der Waals surface area contributed by atoms with Crippen LogP contribution in [-0.2, 0) is 11.3 Å². The molecule has 0 atom stereocenters. The Kier molecular flexibility index (Phi) is 7.02. The van der Waals surface area contributed by atoms with E-state index in [-0.39, 0.29) is 30.1 Å². The number of carbonyl (C=O) groups excluding carboxylic acids is 2. The van der Waals surface area contributed by atoms with Gasteiger partial charge in [-0.15, -0.1) is 11.6 Å². The van der Waals surface area contributed by atoms with Crippen LogP contribution in [-0.4, -0.2) is 31.8 Å². The van der Waals surface area contributed by atoms with E-state index >= 15 is 0 Å². The Balaban J connectivity index is 2.21. The van der Waals surface area contributed by atoms with Gasteiger partial charge in [0.15, 0.2) is 0 Å². The van der Waals surface area contributed by atoms with Gasteiger partial charge in [0.2, 0.25) is 5.91 Å². The molecule has 0 spiro atoms. The largest absolute Gasteiger partial charge is 0.377 e. The average Bonchev–Trinajstić information content (AvgIpc) is 2.66. The van der Waals surface area contributed by atoms with Gasteiger partial charge < -0.3 is 15.5 Å². The fraction of sp³-hybridized carbons (Fsp3) is 0.333. The monoisotopic (exact) mass is 405 g/mol. The van der Waals surface area contributed by atoms with Gasteiger partial charge in [0.1, 0.15) is 5.82 Å². The highest BCUT2D eigenvalue weighted by Crippen LogP contribution is 2.25. The van der Waals surface area contributed by atoms with E-state index in [9.17, 15) is 14.0 Å². The second-order valence-corrected chi connectivity index (χ2v) is 7.67. The first-order chi connectivity index (χ1) is 13.1. The van der Waals surface area contributed by atoms with Crippen LogP contribution >= 0.6 is 11.6 Å². The van der Waals surface area contributed by atoms with Crippen LogP contribution in [0.2, 0.25) is 0 Å². The Labute approximate surface area is 169 Å². The Morgan fingerprint density at radius 1 is 1.11 bits per heavy atom. The van der Waals surface area contributed by atoms with Crippen LogP contribution in [0.3, 0.4) is 0 Å². The van der Waals surface area contributed by atoms with Crippen molar-refractivity contribution < 1.29 is 14.0 Å². The summed E-state index contributed by atoms with van der Waals surface area (Å²) in [6, 6.07) is 11.1. The molecule has 0 unspecified atom stereocenters. The molecule has 150 valence electrons. The summed E-state index contributed by atoms with van der Waals surface area (Å²) in [6.45, 7) is 3.77. The van der Waals surface area contributed by atoms with Crippen LogP contribution in [0.5, 0.6) is 0 Å². The number of carbonyl (C=O) groups is 2. The SMILES string of the molecule is CN(C)c1ccc(NC(=O)C(C)(C)CCl)cc1C(=O)NCc1ccc(F)cc1. The molecule has 0 saturated carbocycles. The number of alkyl halides is 1. The van der Waals surface area contributed by atoms with E-state index in [4.69, 9.17) is 11.6 Å². The van der Waals surface area contributed by atoms with Gasteiger partial charge in [-0.05, 0) is 49.7 Å². The number of nitrogens with one attached hydrogen (secondary N) is 2. The molecule has 0 aromatic heterocycles. The number of nitrogens with zero attached hydrogens (tertiary/aromatic N) is 1. The van der Waals surface area contributed by atoms with Crippen LogP contribution in [0.15, 0.2) is 42.5 Å². The molecule has 2 rings (SSSR count). The fourth-order valence-electron chi connectivity index (χ4n) is 2.43. The third kappa shape index (κ3) is 5.45. The predicted molar refractivity (Wildman–Crippen MR) is 111 cm³/mol. The lowest BCUT2D eigenvalue weighted by atomic mass is 9.95. The molecule has 0 aliphatic carbocycles. The molecule has 2 N–H and O–H groups in total. The zero-order valence-corrected chi connectivity index (χ0v) is 17.2. The lowest BCUT2D eigenvalue weighted by Gasteiger charge is -2.22. The van der Waals surface area contributed by atoms with Crippen molar-refractivity contribution in [2.45, 2.75) is 20.4 Å². The minimum absolute atomic E-state index is 0.180. The molecule has 2 aromatic carbocycles. The van der Waals surface area contributed by atoms with Crippen LogP contribution in [0.4, 0.5) is 15.8 Å². The number of hydrogen-bond donors (Lipinski definition) is 2. The molecule has 0 aliphatic rings. The summed E-state index contributed by atoms with van der Waals surface area (Å²) in [5, 5.41) is 5.64. The van der Waals surface area contributed by atoms with Gasteiger partial charge in [-0.3, -0.25) is 9.59 Å². The first-order valence-electron chi connectivity index (χ1n) is 8.85. The van der Waals surface area contributed by atoms with E-state index < -0.39 is 5.41 Å². The van der Waals surface area contributed by atoms with E-state index in [1.165, 1.54) is 12.1 Å². The van der Waals surface area contributed by atoms with Crippen molar-refractivity contribution in [3.63, 3.8) is 0 Å². The van der Waals surface area contributed by atoms with Crippen molar-refractivity contribution in [3.8, 4) is 0 Å². The first-order valence-corrected chi connectivity index (χ1v) is 9.39. The summed E-state index contributed by atoms with van der Waals surface area (Å²) in [5.41, 5.74) is 1.71. The van der Waals surface area contributed by atoms with Crippen molar-refractivity contribution in [1.82, 2.24) is 5.32 Å². The first kappa shape index (κ1) is 21.7. The quantitative estimate of drug-likeness (QED) is 0.684. The molecule has 5 nitrogen and oxygen atoms in total. The standard InChI is InChI=1S/C21H25ClFN3O2/c1-21(2,13-22)20(28)25-16-9-10-18(26(3)4)17(11-16)19(27)24-12-14-5-7-15(23)8-6-14/h5-11H,12-13H2,1-4H3,(H,24,27)(H,25,28). The maximum absolute atomic E-state index is 13.0. The maximum atomic E-state index is 13.0. The Morgan fingerprint density at radius 3 is 2.32 bits per heavy atom. The molecule has 0 bridgehead atoms. The van der Waals surface area contributed by atoms with Crippen LogP contribution in [0, 0.1) is 11.2 Å². The number of benzene rings is 2. The number of halogens is 2. The minimum atomic E-state index is -0.729. The number of hydrogen-bond acceptors (Lipinski definition) is 3. The summed E-state index contributed by atoms with van der Waals surface area (Å²) in [5.74, 6) is -0.661. The second-order valence-electron chi connectivity index (χ2n) is 7.41. The molecule has 2 amide bonds. The molecule has 0 aliphatic heterocycles. The summed E-state index contributed by atoms with van der Waals surface area (Å²) < 4.78 is 13.0. The van der Waals surface area contributed by atoms with E-state index in [0.717, 1.165) is 5.56 Å². The molecule has 0 radical (unpaired) electrons. The predicted octanol–water partition coefficient (Wildman–Crippen LogP) is 4.03. The fourth-order valence-corrected chi connectivity index (χ4v) is 2.55. The number of amides is 2.